The second-order valence-corrected chi connectivity index (χ2v) is 7.52. The van der Waals surface area contributed by atoms with Gasteiger partial charge in [-0.25, -0.2) is 0 Å². The minimum atomic E-state index is -0.253. The van der Waals surface area contributed by atoms with Crippen molar-refractivity contribution in [1.82, 2.24) is 4.90 Å². The summed E-state index contributed by atoms with van der Waals surface area (Å²) < 4.78 is 6.80. The van der Waals surface area contributed by atoms with Crippen LogP contribution < -0.4 is 0 Å². The predicted octanol–water partition coefficient (Wildman–Crippen LogP) is 4.52. The summed E-state index contributed by atoms with van der Waals surface area (Å²) in [6, 6.07) is 14.0. The highest BCUT2D eigenvalue weighted by Crippen LogP contribution is 2.42. The molecule has 2 aliphatic rings. The van der Waals surface area contributed by atoms with Crippen molar-refractivity contribution in [3.63, 3.8) is 0 Å². The van der Waals surface area contributed by atoms with E-state index in [4.69, 9.17) is 16.3 Å². The monoisotopic (exact) mass is 405 g/mol. The van der Waals surface area contributed by atoms with Crippen LogP contribution >= 0.6 is 27.5 Å². The van der Waals surface area contributed by atoms with Crippen molar-refractivity contribution in [3.8, 4) is 0 Å². The van der Waals surface area contributed by atoms with Crippen LogP contribution in [0.1, 0.15) is 29.0 Å². The summed E-state index contributed by atoms with van der Waals surface area (Å²) in [5.41, 5.74) is 3.10. The van der Waals surface area contributed by atoms with Crippen molar-refractivity contribution >= 4 is 33.4 Å². The van der Waals surface area contributed by atoms with Gasteiger partial charge in [0, 0.05) is 23.1 Å². The Bertz CT molecular complexity index is 780. The molecular formula is C19H17BrClNO2. The van der Waals surface area contributed by atoms with Crippen molar-refractivity contribution in [2.45, 2.75) is 31.6 Å². The largest absolute Gasteiger partial charge is 0.372 e. The lowest BCUT2D eigenvalue weighted by atomic mass is 9.82. The number of halogens is 2. The van der Waals surface area contributed by atoms with Gasteiger partial charge in [-0.2, -0.15) is 0 Å². The zero-order chi connectivity index (χ0) is 16.7. The first-order chi connectivity index (χ1) is 11.6. The van der Waals surface area contributed by atoms with Gasteiger partial charge in [-0.1, -0.05) is 48.0 Å². The number of ether oxygens (including phenoxy) is 1. The van der Waals surface area contributed by atoms with Crippen LogP contribution in [0.3, 0.4) is 0 Å². The fourth-order valence-corrected chi connectivity index (χ4v) is 4.22. The molecule has 0 bridgehead atoms. The van der Waals surface area contributed by atoms with Gasteiger partial charge in [-0.15, -0.1) is 0 Å². The zero-order valence-electron chi connectivity index (χ0n) is 13.0. The van der Waals surface area contributed by atoms with E-state index in [1.165, 1.54) is 0 Å². The number of carbonyl (C=O) groups is 1. The maximum atomic E-state index is 13.1. The Morgan fingerprint density at radius 1 is 1.21 bits per heavy atom. The Labute approximate surface area is 154 Å². The van der Waals surface area contributed by atoms with Gasteiger partial charge in [0.2, 0.25) is 5.91 Å². The van der Waals surface area contributed by atoms with E-state index in [1.54, 1.807) is 0 Å². The molecule has 0 spiro atoms. The molecule has 0 aliphatic carbocycles. The van der Waals surface area contributed by atoms with E-state index in [0.29, 0.717) is 18.2 Å². The number of benzene rings is 2. The number of rotatable bonds is 2. The van der Waals surface area contributed by atoms with Gasteiger partial charge in [0.05, 0.1) is 23.7 Å². The molecule has 1 fully saturated rings. The molecule has 0 aromatic heterocycles. The van der Waals surface area contributed by atoms with Gasteiger partial charge < -0.3 is 9.64 Å². The van der Waals surface area contributed by atoms with E-state index in [-0.39, 0.29) is 17.9 Å². The summed E-state index contributed by atoms with van der Waals surface area (Å²) >= 11 is 9.86. The third-order valence-corrected chi connectivity index (χ3v) is 6.18. The Morgan fingerprint density at radius 3 is 2.79 bits per heavy atom. The van der Waals surface area contributed by atoms with Crippen LogP contribution in [0.15, 0.2) is 46.9 Å². The molecule has 1 amide bonds. The van der Waals surface area contributed by atoms with Gasteiger partial charge in [-0.3, -0.25) is 4.79 Å². The molecule has 4 rings (SSSR count). The number of hydrogen-bond donors (Lipinski definition) is 0. The van der Waals surface area contributed by atoms with Crippen molar-refractivity contribution in [1.29, 1.82) is 0 Å². The highest BCUT2D eigenvalue weighted by Gasteiger charge is 2.42. The van der Waals surface area contributed by atoms with Crippen molar-refractivity contribution in [3.05, 3.63) is 68.7 Å². The summed E-state index contributed by atoms with van der Waals surface area (Å²) in [7, 11) is 0. The lowest BCUT2D eigenvalue weighted by Gasteiger charge is -2.41. The fraction of sp³-hybridized carbons (Fsp3) is 0.316. The minimum Gasteiger partial charge on any atom is -0.372 e. The first kappa shape index (κ1) is 16.1. The fourth-order valence-electron chi connectivity index (χ4n) is 3.63. The second-order valence-electron chi connectivity index (χ2n) is 6.29. The van der Waals surface area contributed by atoms with Crippen LogP contribution in [0.2, 0.25) is 5.02 Å². The van der Waals surface area contributed by atoms with Crippen LogP contribution in [0.4, 0.5) is 0 Å². The highest BCUT2D eigenvalue weighted by molar-refractivity contribution is 9.10. The van der Waals surface area contributed by atoms with Crippen molar-refractivity contribution in [2.24, 2.45) is 0 Å². The quantitative estimate of drug-likeness (QED) is 0.734. The van der Waals surface area contributed by atoms with Crippen LogP contribution in [0.25, 0.3) is 0 Å². The molecule has 24 heavy (non-hydrogen) atoms. The number of amides is 1. The van der Waals surface area contributed by atoms with Crippen LogP contribution in [0.5, 0.6) is 0 Å². The molecule has 0 saturated carbocycles. The summed E-state index contributed by atoms with van der Waals surface area (Å²) in [5.74, 6) is -0.119. The maximum absolute atomic E-state index is 13.1. The standard InChI is InChI=1S/C19H17BrClNO2/c20-15-7-6-13-14(18(15)21)11-24-16-8-9-22(19(23)17(13)16)10-12-4-2-1-3-5-12/h1-7,16-17H,8-11H2/t16-,17-/m0/s1. The van der Waals surface area contributed by atoms with Crippen LogP contribution in [-0.2, 0) is 22.7 Å². The van der Waals surface area contributed by atoms with E-state index in [0.717, 1.165) is 34.1 Å². The van der Waals surface area contributed by atoms with Crippen molar-refractivity contribution in [2.75, 3.05) is 6.54 Å². The second kappa shape index (κ2) is 6.51. The number of nitrogens with zero attached hydrogens (tertiary/aromatic N) is 1. The molecule has 2 heterocycles. The molecule has 124 valence electrons. The number of likely N-dealkylation sites (tertiary alicyclic amines) is 1. The third kappa shape index (κ3) is 2.77. The smallest absolute Gasteiger partial charge is 0.233 e. The molecule has 5 heteroatoms. The minimum absolute atomic E-state index is 0.0470. The van der Waals surface area contributed by atoms with E-state index < -0.39 is 0 Å². The van der Waals surface area contributed by atoms with E-state index in [2.05, 4.69) is 28.1 Å². The molecule has 2 atom stereocenters. The normalized spacial score (nSPS) is 22.9. The molecule has 3 nitrogen and oxygen atoms in total. The lowest BCUT2D eigenvalue weighted by molar-refractivity contribution is -0.145. The molecular weight excluding hydrogens is 390 g/mol. The molecule has 0 radical (unpaired) electrons. The van der Waals surface area contributed by atoms with E-state index in [1.807, 2.05) is 35.2 Å². The van der Waals surface area contributed by atoms with Gasteiger partial charge >= 0.3 is 0 Å². The van der Waals surface area contributed by atoms with Gasteiger partial charge in [-0.05, 0) is 39.5 Å². The molecule has 2 aromatic carbocycles. The first-order valence-corrected chi connectivity index (χ1v) is 9.23. The lowest BCUT2D eigenvalue weighted by Crippen LogP contribution is -2.48. The van der Waals surface area contributed by atoms with Gasteiger partial charge in [0.15, 0.2) is 0 Å². The average Bonchev–Trinajstić information content (AvgIpc) is 2.61. The van der Waals surface area contributed by atoms with Crippen molar-refractivity contribution < 1.29 is 9.53 Å². The average molecular weight is 407 g/mol. The first-order valence-electron chi connectivity index (χ1n) is 8.06. The Morgan fingerprint density at radius 2 is 2.00 bits per heavy atom. The number of carbonyl (C=O) groups excluding carboxylic acids is 1. The molecule has 1 saturated heterocycles. The summed E-state index contributed by atoms with van der Waals surface area (Å²) in [5, 5.41) is 0.652. The number of fused-ring (bicyclic) bond motifs is 3. The van der Waals surface area contributed by atoms with Gasteiger partial charge in [0.25, 0.3) is 0 Å². The van der Waals surface area contributed by atoms with Gasteiger partial charge in [0.1, 0.15) is 0 Å². The zero-order valence-corrected chi connectivity index (χ0v) is 15.4. The van der Waals surface area contributed by atoms with Crippen LogP contribution in [-0.4, -0.2) is 23.5 Å². The number of piperidine rings is 1. The predicted molar refractivity (Wildman–Crippen MR) is 96.9 cm³/mol. The summed E-state index contributed by atoms with van der Waals surface area (Å²) in [6.07, 6.45) is 0.811. The highest BCUT2D eigenvalue weighted by atomic mass is 79.9. The molecule has 0 unspecified atom stereocenters. The molecule has 2 aliphatic heterocycles. The Kier molecular flexibility index (Phi) is 4.37. The Hall–Kier alpha value is -1.36. The topological polar surface area (TPSA) is 29.5 Å². The van der Waals surface area contributed by atoms with E-state index in [9.17, 15) is 4.79 Å². The Balaban J connectivity index is 1.65. The van der Waals surface area contributed by atoms with E-state index >= 15 is 0 Å². The molecule has 0 N–H and O–H groups in total. The molecule has 2 aromatic rings. The third-order valence-electron chi connectivity index (χ3n) is 4.86. The SMILES string of the molecule is O=C1[C@H]2c3ccc(Br)c(Cl)c3CO[C@H]2CCN1Cc1ccccc1. The summed E-state index contributed by atoms with van der Waals surface area (Å²) in [4.78, 5) is 15.0. The van der Waals surface area contributed by atoms with Crippen LogP contribution in [0, 0.1) is 0 Å². The number of hydrogen-bond acceptors (Lipinski definition) is 2. The summed E-state index contributed by atoms with van der Waals surface area (Å²) in [6.45, 7) is 1.84. The maximum Gasteiger partial charge on any atom is 0.233 e.